The van der Waals surface area contributed by atoms with E-state index in [2.05, 4.69) is 40.8 Å². The van der Waals surface area contributed by atoms with Crippen molar-refractivity contribution in [3.05, 3.63) is 106 Å². The number of nitrogen functional groups attached to an aromatic ring is 2. The number of anilines is 4. The first kappa shape index (κ1) is 46.4. The molecule has 0 unspecified atom stereocenters. The van der Waals surface area contributed by atoms with E-state index >= 15 is 0 Å². The molecule has 2 saturated heterocycles. The zero-order valence-corrected chi connectivity index (χ0v) is 40.2. The fourth-order valence-corrected chi connectivity index (χ4v) is 11.7. The van der Waals surface area contributed by atoms with E-state index in [1.54, 1.807) is 87.9 Å². The summed E-state index contributed by atoms with van der Waals surface area (Å²) in [4.78, 5) is 47.3. The molecule has 10 rings (SSSR count). The van der Waals surface area contributed by atoms with E-state index in [9.17, 15) is 26.4 Å². The molecule has 22 nitrogen and oxygen atoms in total. The van der Waals surface area contributed by atoms with Crippen LogP contribution in [0.15, 0.2) is 74.1 Å². The molecule has 0 bridgehead atoms. The van der Waals surface area contributed by atoms with E-state index in [1.165, 1.54) is 9.03 Å². The van der Waals surface area contributed by atoms with Crippen LogP contribution >= 0.6 is 23.2 Å². The fraction of sp³-hybridized carbons (Fsp3) is 0.333. The van der Waals surface area contributed by atoms with Crippen LogP contribution in [0.2, 0.25) is 10.0 Å². The van der Waals surface area contributed by atoms with Crippen molar-refractivity contribution < 1.29 is 26.4 Å². The van der Waals surface area contributed by atoms with E-state index in [1.807, 2.05) is 32.4 Å². The Labute approximate surface area is 399 Å². The molecule has 2 aliphatic heterocycles. The number of sulfone groups is 2. The minimum Gasteiger partial charge on any atom is -0.381 e. The SMILES string of the molecule is C[C@H](NC(=O)c1c(N)nn2cccnc12)c1cc(Cl)c2cncn2c1N1CCS(=O)(=O)[C@@H](C)C1.C[C@H](NC(=O)c1c(N)nn2cccnc12)c1cc(Cl)c2cncn2c1N1CCS(=O)(=O)[C@H](C)C1. The summed E-state index contributed by atoms with van der Waals surface area (Å²) in [6.45, 7) is 8.33. The Kier molecular flexibility index (Phi) is 12.1. The average molecular weight is 1010 g/mol. The van der Waals surface area contributed by atoms with Crippen LogP contribution in [0.5, 0.6) is 0 Å². The zero-order chi connectivity index (χ0) is 48.4. The number of imidazole rings is 2. The first-order chi connectivity index (χ1) is 32.3. The predicted molar refractivity (Wildman–Crippen MR) is 258 cm³/mol. The highest BCUT2D eigenvalue weighted by atomic mass is 35.5. The molecule has 0 aromatic carbocycles. The smallest absolute Gasteiger partial charge is 0.259 e. The molecule has 0 aliphatic carbocycles. The highest BCUT2D eigenvalue weighted by Crippen LogP contribution is 2.36. The van der Waals surface area contributed by atoms with Gasteiger partial charge in [0.1, 0.15) is 35.4 Å². The number of rotatable bonds is 8. The van der Waals surface area contributed by atoms with Gasteiger partial charge in [0.15, 0.2) is 42.6 Å². The van der Waals surface area contributed by atoms with Crippen LogP contribution in [0.4, 0.5) is 23.3 Å². The average Bonchev–Trinajstić information content (AvgIpc) is 4.11. The van der Waals surface area contributed by atoms with Gasteiger partial charge in [-0.1, -0.05) is 23.2 Å². The number of aromatic nitrogens is 10. The minimum atomic E-state index is -3.15. The molecule has 8 aromatic rings. The first-order valence-electron chi connectivity index (χ1n) is 21.4. The van der Waals surface area contributed by atoms with Crippen molar-refractivity contribution in [2.45, 2.75) is 50.3 Å². The van der Waals surface area contributed by atoms with Gasteiger partial charge in [-0.05, 0) is 52.0 Å². The monoisotopic (exact) mass is 1000 g/mol. The van der Waals surface area contributed by atoms with Gasteiger partial charge < -0.3 is 31.9 Å². The number of nitrogens with zero attached hydrogens (tertiary/aromatic N) is 12. The Hall–Kier alpha value is -6.76. The molecular weight excluding hydrogens is 960 g/mol. The highest BCUT2D eigenvalue weighted by molar-refractivity contribution is 7.92. The number of carbonyl (C=O) groups excluding carboxylic acids is 2. The van der Waals surface area contributed by atoms with Gasteiger partial charge in [0.25, 0.3) is 11.8 Å². The van der Waals surface area contributed by atoms with Crippen LogP contribution in [0.3, 0.4) is 0 Å². The second kappa shape index (κ2) is 17.7. The lowest BCUT2D eigenvalue weighted by Gasteiger charge is -2.35. The van der Waals surface area contributed by atoms with Crippen LogP contribution in [-0.2, 0) is 19.7 Å². The molecule has 68 heavy (non-hydrogen) atoms. The van der Waals surface area contributed by atoms with Crippen LogP contribution in [0.25, 0.3) is 22.3 Å². The van der Waals surface area contributed by atoms with E-state index in [0.717, 1.165) is 22.8 Å². The Bertz CT molecular complexity index is 3290. The summed E-state index contributed by atoms with van der Waals surface area (Å²) in [5.41, 5.74) is 15.9. The Balaban J connectivity index is 0.000000170. The number of halogens is 2. The van der Waals surface area contributed by atoms with Gasteiger partial charge in [0.05, 0.1) is 67.6 Å². The van der Waals surface area contributed by atoms with E-state index < -0.39 is 54.1 Å². The molecule has 2 fully saturated rings. The lowest BCUT2D eigenvalue weighted by atomic mass is 10.1. The quantitative estimate of drug-likeness (QED) is 0.170. The van der Waals surface area contributed by atoms with E-state index in [4.69, 9.17) is 34.7 Å². The number of hydrogen-bond acceptors (Lipinski definition) is 16. The topological polar surface area (TPSA) is 280 Å². The van der Waals surface area contributed by atoms with Crippen molar-refractivity contribution in [1.82, 2.24) is 58.6 Å². The van der Waals surface area contributed by atoms with Gasteiger partial charge >= 0.3 is 0 Å². The maximum Gasteiger partial charge on any atom is 0.259 e. The Morgan fingerprint density at radius 2 is 1.09 bits per heavy atom. The molecule has 8 aromatic heterocycles. The maximum absolute atomic E-state index is 13.2. The number of hydrogen-bond donors (Lipinski definition) is 4. The number of pyridine rings is 2. The standard InChI is InChI=1S/2C21H23ClN8O3S/c2*1-12-10-28(6-7-34(12,32)33)21-14(8-15(22)16-9-24-11-29(16)21)13(2)26-20(31)17-18(23)27-30-5-3-4-25-19(17)30/h2*3-5,8-9,11-13H,6-7,10H2,1-2H3,(H2,23,27)(H,26,31)/t12-,13+;12-,13-/m10/s1. The molecule has 4 atom stereocenters. The summed E-state index contributed by atoms with van der Waals surface area (Å²) < 4.78 is 55.8. The van der Waals surface area contributed by atoms with Gasteiger partial charge in [-0.15, -0.1) is 10.2 Å². The van der Waals surface area contributed by atoms with Crippen molar-refractivity contribution in [3.8, 4) is 0 Å². The Morgan fingerprint density at radius 1 is 0.691 bits per heavy atom. The van der Waals surface area contributed by atoms with Gasteiger partial charge in [0, 0.05) is 62.1 Å². The molecule has 26 heteroatoms. The van der Waals surface area contributed by atoms with E-state index in [0.29, 0.717) is 58.6 Å². The number of carbonyl (C=O) groups is 2. The largest absolute Gasteiger partial charge is 0.381 e. The van der Waals surface area contributed by atoms with Crippen LogP contribution in [-0.4, -0.2) is 125 Å². The number of fused-ring (bicyclic) bond motifs is 4. The minimum absolute atomic E-state index is 0.0394. The molecule has 0 saturated carbocycles. The third-order valence-corrected chi connectivity index (χ3v) is 17.2. The van der Waals surface area contributed by atoms with Crippen molar-refractivity contribution >= 4 is 100 Å². The van der Waals surface area contributed by atoms with Crippen LogP contribution in [0.1, 0.15) is 71.6 Å². The molecule has 6 N–H and O–H groups in total. The van der Waals surface area contributed by atoms with Crippen molar-refractivity contribution in [1.29, 1.82) is 0 Å². The molecule has 2 aliphatic rings. The van der Waals surface area contributed by atoms with Crippen molar-refractivity contribution in [2.75, 3.05) is 59.0 Å². The molecule has 356 valence electrons. The third kappa shape index (κ3) is 8.34. The summed E-state index contributed by atoms with van der Waals surface area (Å²) in [6, 6.07) is 5.95. The molecule has 2 amide bonds. The van der Waals surface area contributed by atoms with Gasteiger partial charge in [-0.25, -0.2) is 45.8 Å². The van der Waals surface area contributed by atoms with Gasteiger partial charge in [0.2, 0.25) is 0 Å². The third-order valence-electron chi connectivity index (χ3n) is 12.3. The second-order valence-electron chi connectivity index (χ2n) is 16.8. The van der Waals surface area contributed by atoms with Crippen molar-refractivity contribution in [2.24, 2.45) is 0 Å². The zero-order valence-electron chi connectivity index (χ0n) is 37.0. The highest BCUT2D eigenvalue weighted by Gasteiger charge is 2.35. The fourth-order valence-electron chi connectivity index (χ4n) is 8.65. The Morgan fingerprint density at radius 3 is 1.47 bits per heavy atom. The molecule has 0 spiro atoms. The summed E-state index contributed by atoms with van der Waals surface area (Å²) >= 11 is 13.1. The number of amides is 2. The molecular formula is C42H46Cl2N16O6S2. The first-order valence-corrected chi connectivity index (χ1v) is 25.5. The van der Waals surface area contributed by atoms with Crippen molar-refractivity contribution in [3.63, 3.8) is 0 Å². The number of nitrogens with two attached hydrogens (primary N) is 2. The molecule has 0 radical (unpaired) electrons. The summed E-state index contributed by atoms with van der Waals surface area (Å²) in [5, 5.41) is 14.1. The van der Waals surface area contributed by atoms with Crippen LogP contribution in [0, 0.1) is 0 Å². The molecule has 10 heterocycles. The summed E-state index contributed by atoms with van der Waals surface area (Å²) in [7, 11) is -6.30. The summed E-state index contributed by atoms with van der Waals surface area (Å²) in [5.74, 6) is 0.829. The van der Waals surface area contributed by atoms with Crippen LogP contribution < -0.4 is 31.9 Å². The van der Waals surface area contributed by atoms with Gasteiger partial charge in [-0.2, -0.15) is 0 Å². The maximum atomic E-state index is 13.2. The lowest BCUT2D eigenvalue weighted by molar-refractivity contribution is 0.0933. The predicted octanol–water partition coefficient (Wildman–Crippen LogP) is 3.45. The van der Waals surface area contributed by atoms with Gasteiger partial charge in [-0.3, -0.25) is 18.4 Å². The van der Waals surface area contributed by atoms with E-state index in [-0.39, 0.29) is 34.3 Å². The summed E-state index contributed by atoms with van der Waals surface area (Å²) in [6.07, 6.45) is 13.0. The lowest BCUT2D eigenvalue weighted by Crippen LogP contribution is -2.46. The normalized spacial score (nSPS) is 18.9. The second-order valence-corrected chi connectivity index (χ2v) is 22.7. The number of nitrogens with one attached hydrogen (secondary N) is 2.